The molecule has 0 aliphatic heterocycles. The molecule has 110 valence electrons. The van der Waals surface area contributed by atoms with Crippen molar-refractivity contribution in [3.8, 4) is 17.6 Å². The summed E-state index contributed by atoms with van der Waals surface area (Å²) in [5, 5.41) is 29.7. The monoisotopic (exact) mass is 298 g/mol. The number of ether oxygens (including phenoxy) is 1. The Hall–Kier alpha value is -3.40. The van der Waals surface area contributed by atoms with Crippen molar-refractivity contribution < 1.29 is 19.6 Å². The smallest absolute Gasteiger partial charge is 0.315 e. The second-order valence-electron chi connectivity index (χ2n) is 4.29. The molecule has 2 rings (SSSR count). The van der Waals surface area contributed by atoms with Crippen LogP contribution in [0.15, 0.2) is 36.4 Å². The molecule has 0 spiro atoms. The van der Waals surface area contributed by atoms with E-state index in [1.165, 1.54) is 25.3 Å². The highest BCUT2D eigenvalue weighted by Crippen LogP contribution is 2.37. The quantitative estimate of drug-likeness (QED) is 0.526. The van der Waals surface area contributed by atoms with E-state index in [4.69, 9.17) is 10.00 Å². The highest BCUT2D eigenvalue weighted by atomic mass is 16.6. The van der Waals surface area contributed by atoms with Gasteiger partial charge in [-0.3, -0.25) is 14.9 Å². The minimum absolute atomic E-state index is 0.0518. The number of nitro benzene ring substituents is 1. The first-order chi connectivity index (χ1) is 10.5. The third-order valence-electron chi connectivity index (χ3n) is 3.03. The number of rotatable bonds is 4. The number of aromatic hydroxyl groups is 1. The molecule has 0 aliphatic carbocycles. The number of nitro groups is 1. The Labute approximate surface area is 125 Å². The fourth-order valence-electron chi connectivity index (χ4n) is 1.95. The van der Waals surface area contributed by atoms with Crippen molar-refractivity contribution in [2.45, 2.75) is 0 Å². The second-order valence-corrected chi connectivity index (χ2v) is 4.29. The molecule has 0 fully saturated rings. The topological polar surface area (TPSA) is 113 Å². The van der Waals surface area contributed by atoms with E-state index in [0.29, 0.717) is 0 Å². The van der Waals surface area contributed by atoms with Crippen LogP contribution in [0.25, 0.3) is 0 Å². The van der Waals surface area contributed by atoms with E-state index < -0.39 is 22.1 Å². The predicted molar refractivity (Wildman–Crippen MR) is 75.9 cm³/mol. The molecule has 0 aliphatic rings. The van der Waals surface area contributed by atoms with Crippen molar-refractivity contribution in [1.29, 1.82) is 5.26 Å². The molecule has 0 radical (unpaired) electrons. The van der Waals surface area contributed by atoms with Crippen LogP contribution in [0.2, 0.25) is 0 Å². The molecule has 2 aromatic carbocycles. The Morgan fingerprint density at radius 3 is 2.64 bits per heavy atom. The normalized spacial score (nSPS) is 9.82. The van der Waals surface area contributed by atoms with Crippen molar-refractivity contribution >= 4 is 11.5 Å². The van der Waals surface area contributed by atoms with Crippen LogP contribution in [-0.4, -0.2) is 22.9 Å². The molecular formula is C15H10N2O5. The number of hydrogen-bond donors (Lipinski definition) is 1. The molecule has 0 atom stereocenters. The molecule has 2 aromatic rings. The summed E-state index contributed by atoms with van der Waals surface area (Å²) < 4.78 is 4.85. The number of nitrogens with zero attached hydrogens (tertiary/aromatic N) is 2. The maximum Gasteiger partial charge on any atom is 0.315 e. The average molecular weight is 298 g/mol. The zero-order chi connectivity index (χ0) is 16.3. The summed E-state index contributed by atoms with van der Waals surface area (Å²) >= 11 is 0. The Balaban J connectivity index is 2.62. The summed E-state index contributed by atoms with van der Waals surface area (Å²) in [6, 6.07) is 10.1. The van der Waals surface area contributed by atoms with Crippen molar-refractivity contribution in [1.82, 2.24) is 0 Å². The number of nitriles is 1. The zero-order valence-electron chi connectivity index (χ0n) is 11.4. The van der Waals surface area contributed by atoms with Crippen LogP contribution in [0.1, 0.15) is 21.5 Å². The van der Waals surface area contributed by atoms with Gasteiger partial charge in [0.05, 0.1) is 23.7 Å². The molecular weight excluding hydrogens is 288 g/mol. The lowest BCUT2D eigenvalue weighted by Crippen LogP contribution is -2.05. The van der Waals surface area contributed by atoms with E-state index in [-0.39, 0.29) is 22.4 Å². The molecule has 7 nitrogen and oxygen atoms in total. The third kappa shape index (κ3) is 2.58. The summed E-state index contributed by atoms with van der Waals surface area (Å²) in [5.41, 5.74) is -0.421. The lowest BCUT2D eigenvalue weighted by molar-refractivity contribution is -0.386. The zero-order valence-corrected chi connectivity index (χ0v) is 11.4. The van der Waals surface area contributed by atoms with Crippen molar-refractivity contribution in [3.63, 3.8) is 0 Å². The minimum atomic E-state index is -0.815. The van der Waals surface area contributed by atoms with Gasteiger partial charge < -0.3 is 9.84 Å². The maximum atomic E-state index is 12.5. The van der Waals surface area contributed by atoms with Gasteiger partial charge >= 0.3 is 5.69 Å². The minimum Gasteiger partial charge on any atom is -0.500 e. The van der Waals surface area contributed by atoms with Crippen LogP contribution in [-0.2, 0) is 0 Å². The maximum absolute atomic E-state index is 12.5. The standard InChI is InChI=1S/C15H10N2O5/c1-22-13-7-10(6-12(15(13)19)17(20)21)14(18)11-5-3-2-4-9(11)8-16/h2-7,19H,1H3. The molecule has 0 bridgehead atoms. The molecule has 0 saturated heterocycles. The fourth-order valence-corrected chi connectivity index (χ4v) is 1.95. The largest absolute Gasteiger partial charge is 0.500 e. The third-order valence-corrected chi connectivity index (χ3v) is 3.03. The molecule has 0 amide bonds. The molecule has 0 aromatic heterocycles. The van der Waals surface area contributed by atoms with E-state index in [9.17, 15) is 20.0 Å². The molecule has 0 heterocycles. The summed E-state index contributed by atoms with van der Waals surface area (Å²) in [4.78, 5) is 22.6. The van der Waals surface area contributed by atoms with Gasteiger partial charge in [0.2, 0.25) is 5.75 Å². The number of phenols is 1. The van der Waals surface area contributed by atoms with Gasteiger partial charge in [0.25, 0.3) is 0 Å². The highest BCUT2D eigenvalue weighted by molar-refractivity contribution is 6.11. The Bertz CT molecular complexity index is 808. The van der Waals surface area contributed by atoms with E-state index >= 15 is 0 Å². The first-order valence-electron chi connectivity index (χ1n) is 6.08. The lowest BCUT2D eigenvalue weighted by atomic mass is 9.98. The Morgan fingerprint density at radius 2 is 2.05 bits per heavy atom. The average Bonchev–Trinajstić information content (AvgIpc) is 2.54. The van der Waals surface area contributed by atoms with Gasteiger partial charge in [0, 0.05) is 17.2 Å². The van der Waals surface area contributed by atoms with E-state index in [0.717, 1.165) is 6.07 Å². The first kappa shape index (κ1) is 15.0. The number of carbonyl (C=O) groups excluding carboxylic acids is 1. The van der Waals surface area contributed by atoms with Crippen LogP contribution in [0.3, 0.4) is 0 Å². The number of benzene rings is 2. The molecule has 0 saturated carbocycles. The van der Waals surface area contributed by atoms with Crippen LogP contribution in [0.4, 0.5) is 5.69 Å². The van der Waals surface area contributed by atoms with Crippen LogP contribution in [0, 0.1) is 21.4 Å². The summed E-state index contributed by atoms with van der Waals surface area (Å²) in [7, 11) is 1.22. The SMILES string of the molecule is COc1cc(C(=O)c2ccccc2C#N)cc([N+](=O)[O-])c1O. The predicted octanol–water partition coefficient (Wildman–Crippen LogP) is 2.41. The van der Waals surface area contributed by atoms with Crippen molar-refractivity contribution in [3.05, 3.63) is 63.2 Å². The van der Waals surface area contributed by atoms with Gasteiger partial charge in [-0.1, -0.05) is 12.1 Å². The number of ketones is 1. The van der Waals surface area contributed by atoms with Crippen molar-refractivity contribution in [2.75, 3.05) is 7.11 Å². The van der Waals surface area contributed by atoms with E-state index in [1.54, 1.807) is 12.1 Å². The number of carbonyl (C=O) groups is 1. The van der Waals surface area contributed by atoms with Gasteiger partial charge in [-0.15, -0.1) is 0 Å². The van der Waals surface area contributed by atoms with Crippen LogP contribution >= 0.6 is 0 Å². The Kier molecular flexibility index (Phi) is 4.04. The molecule has 1 N–H and O–H groups in total. The molecule has 0 unspecified atom stereocenters. The highest BCUT2D eigenvalue weighted by Gasteiger charge is 2.23. The van der Waals surface area contributed by atoms with E-state index in [2.05, 4.69) is 0 Å². The van der Waals surface area contributed by atoms with Crippen LogP contribution < -0.4 is 4.74 Å². The van der Waals surface area contributed by atoms with Gasteiger partial charge in [0.15, 0.2) is 11.5 Å². The second kappa shape index (κ2) is 5.93. The van der Waals surface area contributed by atoms with Gasteiger partial charge in [0.1, 0.15) is 0 Å². The summed E-state index contributed by atoms with van der Waals surface area (Å²) in [6.07, 6.45) is 0. The summed E-state index contributed by atoms with van der Waals surface area (Å²) in [6.45, 7) is 0. The Morgan fingerprint density at radius 1 is 1.36 bits per heavy atom. The number of methoxy groups -OCH3 is 1. The van der Waals surface area contributed by atoms with Crippen LogP contribution in [0.5, 0.6) is 11.5 Å². The number of phenolic OH excluding ortho intramolecular Hbond substituents is 1. The van der Waals surface area contributed by atoms with Gasteiger partial charge in [-0.05, 0) is 18.2 Å². The first-order valence-corrected chi connectivity index (χ1v) is 6.08. The molecule has 22 heavy (non-hydrogen) atoms. The lowest BCUT2D eigenvalue weighted by Gasteiger charge is -2.08. The number of hydrogen-bond acceptors (Lipinski definition) is 6. The molecule has 7 heteroatoms. The van der Waals surface area contributed by atoms with Gasteiger partial charge in [-0.2, -0.15) is 5.26 Å². The van der Waals surface area contributed by atoms with Crippen molar-refractivity contribution in [2.24, 2.45) is 0 Å². The van der Waals surface area contributed by atoms with Gasteiger partial charge in [-0.25, -0.2) is 0 Å². The van der Waals surface area contributed by atoms with E-state index in [1.807, 2.05) is 6.07 Å². The fraction of sp³-hybridized carbons (Fsp3) is 0.0667. The summed E-state index contributed by atoms with van der Waals surface area (Å²) in [5.74, 6) is -1.41.